The Morgan fingerprint density at radius 2 is 2.44 bits per heavy atom. The topological polar surface area (TPSA) is 0 Å². The maximum Gasteiger partial charge on any atom is 0.0280 e. The Hall–Kier alpha value is 0.430. The van der Waals surface area contributed by atoms with Crippen molar-refractivity contribution in [2.24, 2.45) is 0 Å². The highest BCUT2D eigenvalue weighted by atomic mass is 127. The first-order valence-corrected chi connectivity index (χ1v) is 4.24. The minimum absolute atomic E-state index is 0.400. The van der Waals surface area contributed by atoms with Gasteiger partial charge in [0.2, 0.25) is 0 Å². The molecule has 9 heavy (non-hydrogen) atoms. The van der Waals surface area contributed by atoms with E-state index in [9.17, 15) is 0 Å². The Balaban J connectivity index is 3.23. The van der Waals surface area contributed by atoms with E-state index < -0.39 is 6.85 Å². The second-order valence-corrected chi connectivity index (χ2v) is 3.70. The smallest absolute Gasteiger partial charge is 0.0280 e. The van der Waals surface area contributed by atoms with Gasteiger partial charge in [0.05, 0.1) is 0 Å². The highest BCUT2D eigenvalue weighted by molar-refractivity contribution is 14.1. The minimum Gasteiger partial charge on any atom is -0.0508 e. The average molecular weight is 300 g/mol. The third-order valence-electron chi connectivity index (χ3n) is 0.928. The van der Waals surface area contributed by atoms with Gasteiger partial charge in [-0.1, -0.05) is 15.9 Å². The third kappa shape index (κ3) is 1.93. The van der Waals surface area contributed by atoms with Crippen LogP contribution in [0.3, 0.4) is 0 Å². The van der Waals surface area contributed by atoms with Crippen molar-refractivity contribution in [3.05, 3.63) is 31.8 Å². The molecular weight excluding hydrogens is 291 g/mol. The maximum atomic E-state index is 7.22. The molecule has 48 valence electrons. The number of rotatable bonds is 0. The standard InChI is InChI=1S/C7H6BrI/c1-5-4-6(8)2-3-7(5)9/h2-4H,1H3/i1D3. The van der Waals surface area contributed by atoms with Crippen LogP contribution in [0.25, 0.3) is 0 Å². The van der Waals surface area contributed by atoms with E-state index in [-0.39, 0.29) is 0 Å². The lowest BCUT2D eigenvalue weighted by molar-refractivity contribution is 1.41. The number of benzene rings is 1. The van der Waals surface area contributed by atoms with Crippen LogP contribution < -0.4 is 0 Å². The molecule has 0 unspecified atom stereocenters. The van der Waals surface area contributed by atoms with Gasteiger partial charge >= 0.3 is 0 Å². The molecule has 0 amide bonds. The number of aryl methyl sites for hydroxylation is 1. The van der Waals surface area contributed by atoms with Crippen LogP contribution in [0.5, 0.6) is 0 Å². The first kappa shape index (κ1) is 4.34. The summed E-state index contributed by atoms with van der Waals surface area (Å²) < 4.78 is 23.2. The van der Waals surface area contributed by atoms with Crippen LogP contribution in [0.2, 0.25) is 0 Å². The average Bonchev–Trinajstić information content (AvgIpc) is 1.92. The fraction of sp³-hybridized carbons (Fsp3) is 0.143. The molecule has 0 aromatic heterocycles. The summed E-state index contributed by atoms with van der Waals surface area (Å²) in [4.78, 5) is 0. The highest BCUT2D eigenvalue weighted by Gasteiger charge is 1.91. The lowest BCUT2D eigenvalue weighted by Crippen LogP contribution is -1.76. The summed E-state index contributed by atoms with van der Waals surface area (Å²) in [6.07, 6.45) is 0. The zero-order valence-electron chi connectivity index (χ0n) is 7.49. The van der Waals surface area contributed by atoms with Crippen LogP contribution >= 0.6 is 38.5 Å². The molecule has 0 atom stereocenters. The molecule has 0 aliphatic rings. The molecule has 0 radical (unpaired) electrons. The summed E-state index contributed by atoms with van der Waals surface area (Å²) in [5.74, 6) is 0. The summed E-state index contributed by atoms with van der Waals surface area (Å²) in [6.45, 7) is -2.01. The van der Waals surface area contributed by atoms with Crippen molar-refractivity contribution in [3.8, 4) is 0 Å². The molecule has 0 saturated carbocycles. The molecular formula is C7H6BrI. The Labute approximate surface area is 81.1 Å². The second kappa shape index (κ2) is 3.01. The van der Waals surface area contributed by atoms with E-state index in [1.165, 1.54) is 0 Å². The number of halogens is 2. The van der Waals surface area contributed by atoms with Gasteiger partial charge in [-0.25, -0.2) is 0 Å². The molecule has 0 spiro atoms. The van der Waals surface area contributed by atoms with Crippen LogP contribution in [-0.4, -0.2) is 0 Å². The SMILES string of the molecule is [2H]C([2H])([2H])c1cc(Br)ccc1I. The quantitative estimate of drug-likeness (QED) is 0.645. The summed E-state index contributed by atoms with van der Waals surface area (Å²) in [5.41, 5.74) is 0.400. The predicted octanol–water partition coefficient (Wildman–Crippen LogP) is 3.36. The lowest BCUT2D eigenvalue weighted by atomic mass is 10.2. The molecule has 1 aromatic rings. The normalized spacial score (nSPS) is 16.0. The predicted molar refractivity (Wildman–Crippen MR) is 51.6 cm³/mol. The molecule has 1 aromatic carbocycles. The maximum absolute atomic E-state index is 7.22. The number of hydrogen-bond donors (Lipinski definition) is 0. The van der Waals surface area contributed by atoms with Crippen molar-refractivity contribution in [2.45, 2.75) is 6.85 Å². The molecule has 0 fully saturated rings. The molecule has 0 N–H and O–H groups in total. The molecule has 0 aliphatic carbocycles. The van der Waals surface area contributed by atoms with Crippen LogP contribution in [0.1, 0.15) is 9.68 Å². The minimum atomic E-state index is -2.01. The van der Waals surface area contributed by atoms with Gasteiger partial charge in [0.25, 0.3) is 0 Å². The van der Waals surface area contributed by atoms with Crippen LogP contribution in [0.15, 0.2) is 22.7 Å². The van der Waals surface area contributed by atoms with Gasteiger partial charge in [0.1, 0.15) is 0 Å². The van der Waals surface area contributed by atoms with E-state index in [1.807, 2.05) is 28.7 Å². The molecule has 0 heterocycles. The van der Waals surface area contributed by atoms with Crippen molar-refractivity contribution < 1.29 is 4.11 Å². The van der Waals surface area contributed by atoms with Crippen molar-refractivity contribution in [1.29, 1.82) is 0 Å². The molecule has 0 saturated heterocycles. The van der Waals surface area contributed by atoms with Gasteiger partial charge in [0, 0.05) is 12.2 Å². The molecule has 2 heteroatoms. The van der Waals surface area contributed by atoms with Crippen molar-refractivity contribution in [2.75, 3.05) is 0 Å². The van der Waals surface area contributed by atoms with E-state index in [4.69, 9.17) is 4.11 Å². The lowest BCUT2D eigenvalue weighted by Gasteiger charge is -1.95. The van der Waals surface area contributed by atoms with E-state index in [0.717, 1.165) is 8.04 Å². The van der Waals surface area contributed by atoms with E-state index >= 15 is 0 Å². The largest absolute Gasteiger partial charge is 0.0508 e. The molecule has 0 nitrogen and oxygen atoms in total. The van der Waals surface area contributed by atoms with E-state index in [1.54, 1.807) is 12.1 Å². The fourth-order valence-corrected chi connectivity index (χ4v) is 1.19. The van der Waals surface area contributed by atoms with Gasteiger partial charge in [-0.05, 0) is 53.2 Å². The molecule has 0 aliphatic heterocycles. The van der Waals surface area contributed by atoms with Crippen LogP contribution in [0, 0.1) is 10.4 Å². The zero-order valence-corrected chi connectivity index (χ0v) is 8.23. The molecule has 1 rings (SSSR count). The first-order valence-electron chi connectivity index (χ1n) is 3.87. The van der Waals surface area contributed by atoms with Gasteiger partial charge in [-0.15, -0.1) is 0 Å². The first-order chi connectivity index (χ1) is 5.41. The van der Waals surface area contributed by atoms with E-state index in [0.29, 0.717) is 5.56 Å². The summed E-state index contributed by atoms with van der Waals surface area (Å²) in [5, 5.41) is 0. The van der Waals surface area contributed by atoms with Gasteiger partial charge in [-0.3, -0.25) is 0 Å². The third-order valence-corrected chi connectivity index (χ3v) is 2.36. The van der Waals surface area contributed by atoms with Gasteiger partial charge < -0.3 is 0 Å². The Morgan fingerprint density at radius 1 is 1.67 bits per heavy atom. The van der Waals surface area contributed by atoms with Crippen molar-refractivity contribution in [1.82, 2.24) is 0 Å². The van der Waals surface area contributed by atoms with Gasteiger partial charge in [-0.2, -0.15) is 0 Å². The highest BCUT2D eigenvalue weighted by Crippen LogP contribution is 2.16. The monoisotopic (exact) mass is 299 g/mol. The van der Waals surface area contributed by atoms with Gasteiger partial charge in [0.15, 0.2) is 0 Å². The van der Waals surface area contributed by atoms with Crippen LogP contribution in [-0.2, 0) is 0 Å². The summed E-state index contributed by atoms with van der Waals surface area (Å²) >= 11 is 5.26. The van der Waals surface area contributed by atoms with Crippen LogP contribution in [0.4, 0.5) is 0 Å². The second-order valence-electron chi connectivity index (χ2n) is 1.62. The Morgan fingerprint density at radius 3 is 3.00 bits per heavy atom. The Bertz CT molecular complexity index is 295. The summed E-state index contributed by atoms with van der Waals surface area (Å²) in [7, 11) is 0. The number of hydrogen-bond acceptors (Lipinski definition) is 0. The van der Waals surface area contributed by atoms with Crippen molar-refractivity contribution in [3.63, 3.8) is 0 Å². The zero-order chi connectivity index (χ0) is 9.35. The summed E-state index contributed by atoms with van der Waals surface area (Å²) in [6, 6.07) is 5.25. The molecule has 0 bridgehead atoms. The van der Waals surface area contributed by atoms with Crippen molar-refractivity contribution >= 4 is 38.5 Å². The fourth-order valence-electron chi connectivity index (χ4n) is 0.497. The Kier molecular flexibility index (Phi) is 1.45. The van der Waals surface area contributed by atoms with E-state index in [2.05, 4.69) is 15.9 Å².